The summed E-state index contributed by atoms with van der Waals surface area (Å²) in [5.74, 6) is -1.85. The van der Waals surface area contributed by atoms with Gasteiger partial charge in [0.05, 0.1) is 0 Å². The van der Waals surface area contributed by atoms with E-state index >= 15 is 0 Å². The van der Waals surface area contributed by atoms with Crippen molar-refractivity contribution >= 4 is 11.5 Å². The number of alkyl halides is 3. The fraction of sp³-hybridized carbons (Fsp3) is 0.200. The topological polar surface area (TPSA) is 61.0 Å². The van der Waals surface area contributed by atoms with Gasteiger partial charge < -0.3 is 10.5 Å². The first-order chi connectivity index (χ1) is 8.90. The Morgan fingerprint density at radius 1 is 1.32 bits per heavy atom. The highest BCUT2D eigenvalue weighted by Gasteiger charge is 2.36. The van der Waals surface area contributed by atoms with Crippen LogP contribution < -0.4 is 10.5 Å². The van der Waals surface area contributed by atoms with Crippen LogP contribution in [0.1, 0.15) is 11.4 Å². The van der Waals surface area contributed by atoms with Crippen LogP contribution in [-0.2, 0) is 12.7 Å². The predicted molar refractivity (Wildman–Crippen MR) is 59.3 cm³/mol. The normalized spacial score (nSPS) is 11.6. The van der Waals surface area contributed by atoms with Crippen molar-refractivity contribution < 1.29 is 22.3 Å². The van der Waals surface area contributed by atoms with Crippen molar-refractivity contribution in [2.75, 3.05) is 0 Å². The summed E-state index contributed by atoms with van der Waals surface area (Å²) in [5.41, 5.74) is 5.56. The Morgan fingerprint density at radius 3 is 2.58 bits per heavy atom. The second kappa shape index (κ2) is 5.10. The van der Waals surface area contributed by atoms with Crippen LogP contribution in [0.25, 0.3) is 0 Å². The van der Waals surface area contributed by atoms with Crippen molar-refractivity contribution in [3.05, 3.63) is 35.4 Å². The number of nitrogens with two attached hydrogens (primary N) is 1. The van der Waals surface area contributed by atoms with Gasteiger partial charge in [-0.25, -0.2) is 4.39 Å². The molecule has 0 aliphatic heterocycles. The Balaban J connectivity index is 2.17. The molecule has 0 saturated carbocycles. The van der Waals surface area contributed by atoms with E-state index in [4.69, 9.17) is 10.5 Å². The average molecular weight is 293 g/mol. The molecule has 0 amide bonds. The largest absolute Gasteiger partial charge is 0.452 e. The first-order valence-corrected chi connectivity index (χ1v) is 5.74. The van der Waals surface area contributed by atoms with E-state index in [0.29, 0.717) is 11.5 Å². The number of aromatic nitrogens is 2. The fourth-order valence-corrected chi connectivity index (χ4v) is 1.79. The maximum Gasteiger partial charge on any atom is 0.452 e. The minimum atomic E-state index is -4.63. The molecule has 0 atom stereocenters. The second-order valence-corrected chi connectivity index (χ2v) is 4.16. The standard InChI is InChI=1S/C10H7F4N3OS/c11-7-3-6(2-1-5(7)4-15)18-9-16-8(17-19-9)10(12,13)14/h1-3H,4,15H2. The fourth-order valence-electron chi connectivity index (χ4n) is 1.22. The molecule has 0 saturated heterocycles. The van der Waals surface area contributed by atoms with E-state index in [1.807, 2.05) is 0 Å². The highest BCUT2D eigenvalue weighted by atomic mass is 32.1. The quantitative estimate of drug-likeness (QED) is 0.884. The van der Waals surface area contributed by atoms with Gasteiger partial charge in [-0.1, -0.05) is 6.07 Å². The Bertz CT molecular complexity index is 584. The molecular formula is C10H7F4N3OS. The van der Waals surface area contributed by atoms with Crippen molar-refractivity contribution in [2.45, 2.75) is 12.7 Å². The Hall–Kier alpha value is -1.74. The van der Waals surface area contributed by atoms with Gasteiger partial charge >= 0.3 is 6.18 Å². The molecule has 1 heterocycles. The van der Waals surface area contributed by atoms with E-state index in [9.17, 15) is 17.6 Å². The number of ether oxygens (including phenoxy) is 1. The Labute approximate surface area is 109 Å². The van der Waals surface area contributed by atoms with E-state index in [-0.39, 0.29) is 23.1 Å². The monoisotopic (exact) mass is 293 g/mol. The van der Waals surface area contributed by atoms with Crippen molar-refractivity contribution in [2.24, 2.45) is 5.73 Å². The van der Waals surface area contributed by atoms with Crippen LogP contribution in [-0.4, -0.2) is 9.36 Å². The van der Waals surface area contributed by atoms with Gasteiger partial charge in [0.2, 0.25) is 0 Å². The molecule has 0 fully saturated rings. The van der Waals surface area contributed by atoms with E-state index in [1.54, 1.807) is 0 Å². The van der Waals surface area contributed by atoms with Gasteiger partial charge in [-0.15, -0.1) is 0 Å². The van der Waals surface area contributed by atoms with Crippen molar-refractivity contribution in [1.29, 1.82) is 0 Å². The van der Waals surface area contributed by atoms with Gasteiger partial charge in [-0.05, 0) is 6.07 Å². The molecule has 0 radical (unpaired) electrons. The maximum absolute atomic E-state index is 13.4. The van der Waals surface area contributed by atoms with Crippen LogP contribution in [0.3, 0.4) is 0 Å². The molecule has 0 spiro atoms. The third kappa shape index (κ3) is 3.18. The zero-order chi connectivity index (χ0) is 14.0. The average Bonchev–Trinajstić information content (AvgIpc) is 2.77. The zero-order valence-electron chi connectivity index (χ0n) is 9.24. The molecule has 0 aliphatic carbocycles. The van der Waals surface area contributed by atoms with Gasteiger partial charge in [-0.2, -0.15) is 22.5 Å². The van der Waals surface area contributed by atoms with Crippen molar-refractivity contribution in [1.82, 2.24) is 9.36 Å². The van der Waals surface area contributed by atoms with Crippen molar-refractivity contribution in [3.63, 3.8) is 0 Å². The summed E-state index contributed by atoms with van der Waals surface area (Å²) in [6, 6.07) is 3.80. The molecular weight excluding hydrogens is 286 g/mol. The highest BCUT2D eigenvalue weighted by molar-refractivity contribution is 7.07. The van der Waals surface area contributed by atoms with Gasteiger partial charge in [-0.3, -0.25) is 0 Å². The van der Waals surface area contributed by atoms with E-state index < -0.39 is 17.8 Å². The number of nitrogens with zero attached hydrogens (tertiary/aromatic N) is 2. The number of hydrogen-bond donors (Lipinski definition) is 1. The number of hydrogen-bond acceptors (Lipinski definition) is 5. The third-order valence-corrected chi connectivity index (χ3v) is 2.71. The predicted octanol–water partition coefficient (Wildman–Crippen LogP) is 2.95. The number of halogens is 4. The van der Waals surface area contributed by atoms with Crippen molar-refractivity contribution in [3.8, 4) is 10.9 Å². The van der Waals surface area contributed by atoms with Crippen LogP contribution in [0, 0.1) is 5.82 Å². The molecule has 2 rings (SSSR count). The van der Waals surface area contributed by atoms with Gasteiger partial charge in [0.15, 0.2) is 0 Å². The summed E-state index contributed by atoms with van der Waals surface area (Å²) in [6.45, 7) is 0.0170. The summed E-state index contributed by atoms with van der Waals surface area (Å²) in [4.78, 5) is 3.16. The molecule has 19 heavy (non-hydrogen) atoms. The molecule has 0 bridgehead atoms. The lowest BCUT2D eigenvalue weighted by Crippen LogP contribution is -2.06. The molecule has 0 unspecified atom stereocenters. The summed E-state index contributed by atoms with van der Waals surface area (Å²) < 4.78 is 58.2. The summed E-state index contributed by atoms with van der Waals surface area (Å²) in [5, 5.41) is -0.313. The van der Waals surface area contributed by atoms with Crippen LogP contribution in [0.2, 0.25) is 0 Å². The number of rotatable bonds is 3. The van der Waals surface area contributed by atoms with Gasteiger partial charge in [0, 0.05) is 29.7 Å². The molecule has 1 aromatic heterocycles. The lowest BCUT2D eigenvalue weighted by atomic mass is 10.2. The maximum atomic E-state index is 13.4. The minimum absolute atomic E-state index is 0.0170. The molecule has 4 nitrogen and oxygen atoms in total. The molecule has 2 aromatic rings. The van der Waals surface area contributed by atoms with Gasteiger partial charge in [0.1, 0.15) is 11.6 Å². The second-order valence-electron chi connectivity index (χ2n) is 3.44. The summed E-state index contributed by atoms with van der Waals surface area (Å²) in [6.07, 6.45) is -4.63. The van der Waals surface area contributed by atoms with E-state index in [2.05, 4.69) is 9.36 Å². The smallest absolute Gasteiger partial charge is 0.430 e. The molecule has 9 heteroatoms. The van der Waals surface area contributed by atoms with Crippen LogP contribution in [0.5, 0.6) is 10.9 Å². The highest BCUT2D eigenvalue weighted by Crippen LogP contribution is 2.31. The lowest BCUT2D eigenvalue weighted by Gasteiger charge is -2.04. The molecule has 0 aliphatic rings. The molecule has 2 N–H and O–H groups in total. The first kappa shape index (κ1) is 13.7. The SMILES string of the molecule is NCc1ccc(Oc2nc(C(F)(F)F)ns2)cc1F. The van der Waals surface area contributed by atoms with E-state index in [0.717, 1.165) is 6.07 Å². The minimum Gasteiger partial charge on any atom is -0.430 e. The Morgan fingerprint density at radius 2 is 2.05 bits per heavy atom. The number of benzene rings is 1. The lowest BCUT2D eigenvalue weighted by molar-refractivity contribution is -0.144. The first-order valence-electron chi connectivity index (χ1n) is 4.97. The molecule has 102 valence electrons. The van der Waals surface area contributed by atoms with E-state index in [1.165, 1.54) is 12.1 Å². The molecule has 1 aromatic carbocycles. The van der Waals surface area contributed by atoms with Crippen LogP contribution >= 0.6 is 11.5 Å². The summed E-state index contributed by atoms with van der Waals surface area (Å²) in [7, 11) is 0. The zero-order valence-corrected chi connectivity index (χ0v) is 10.1. The van der Waals surface area contributed by atoms with Gasteiger partial charge in [0.25, 0.3) is 11.0 Å². The van der Waals surface area contributed by atoms with Crippen LogP contribution in [0.15, 0.2) is 18.2 Å². The Kier molecular flexibility index (Phi) is 3.67. The van der Waals surface area contributed by atoms with Crippen LogP contribution in [0.4, 0.5) is 17.6 Å². The summed E-state index contributed by atoms with van der Waals surface area (Å²) >= 11 is 0.437. The third-order valence-electron chi connectivity index (χ3n) is 2.11.